The molecule has 41 heavy (non-hydrogen) atoms. The van der Waals surface area contributed by atoms with Crippen LogP contribution < -0.4 is 20.0 Å². The number of hydrazone groups is 1. The van der Waals surface area contributed by atoms with Gasteiger partial charge in [0.15, 0.2) is 0 Å². The Balaban J connectivity index is 1.28. The van der Waals surface area contributed by atoms with Gasteiger partial charge in [-0.3, -0.25) is 10.1 Å². The van der Waals surface area contributed by atoms with Crippen molar-refractivity contribution in [1.82, 2.24) is 15.0 Å². The highest BCUT2D eigenvalue weighted by Crippen LogP contribution is 2.37. The quantitative estimate of drug-likeness (QED) is 0.227. The third kappa shape index (κ3) is 7.16. The molecule has 1 N–H and O–H groups in total. The van der Waals surface area contributed by atoms with Gasteiger partial charge in [0.05, 0.1) is 29.9 Å². The summed E-state index contributed by atoms with van der Waals surface area (Å²) in [6.45, 7) is 4.29. The molecular weight excluding hydrogens is 545 g/mol. The van der Waals surface area contributed by atoms with Crippen molar-refractivity contribution >= 4 is 29.7 Å². The predicted molar refractivity (Wildman–Crippen MR) is 145 cm³/mol. The third-order valence-electron chi connectivity index (χ3n) is 6.51. The molecule has 2 saturated heterocycles. The number of ether oxygens (including phenoxy) is 2. The van der Waals surface area contributed by atoms with Crippen molar-refractivity contribution in [3.63, 3.8) is 0 Å². The summed E-state index contributed by atoms with van der Waals surface area (Å²) in [6, 6.07) is 8.44. The summed E-state index contributed by atoms with van der Waals surface area (Å²) < 4.78 is 49.8. The van der Waals surface area contributed by atoms with E-state index in [1.807, 2.05) is 4.90 Å². The summed E-state index contributed by atoms with van der Waals surface area (Å²) in [4.78, 5) is 28.4. The molecule has 0 aliphatic carbocycles. The largest absolute Gasteiger partial charge is 0.450 e. The summed E-state index contributed by atoms with van der Waals surface area (Å²) >= 11 is 0. The van der Waals surface area contributed by atoms with E-state index >= 15 is 0 Å². The lowest BCUT2D eigenvalue weighted by molar-refractivity contribution is -0.385. The van der Waals surface area contributed by atoms with Gasteiger partial charge in [-0.1, -0.05) is 0 Å². The van der Waals surface area contributed by atoms with Gasteiger partial charge in [0.2, 0.25) is 23.6 Å². The fourth-order valence-corrected chi connectivity index (χ4v) is 4.38. The number of rotatable bonds is 8. The van der Waals surface area contributed by atoms with Gasteiger partial charge >= 0.3 is 11.9 Å². The Bertz CT molecular complexity index is 1360. The zero-order valence-corrected chi connectivity index (χ0v) is 21.9. The molecule has 3 aromatic rings. The molecule has 2 fully saturated rings. The Kier molecular flexibility index (Phi) is 8.42. The Hall–Kier alpha value is -4.53. The highest BCUT2D eigenvalue weighted by atomic mass is 19.4. The number of nitrogens with zero attached hydrogens (tertiary/aromatic N) is 7. The Morgan fingerprint density at radius 1 is 0.951 bits per heavy atom. The van der Waals surface area contributed by atoms with Crippen LogP contribution in [0.4, 0.5) is 36.7 Å². The maximum absolute atomic E-state index is 13.0. The number of hydrogen-bond acceptors (Lipinski definition) is 11. The van der Waals surface area contributed by atoms with Crippen molar-refractivity contribution in [2.75, 3.05) is 54.6 Å². The van der Waals surface area contributed by atoms with Crippen LogP contribution in [-0.4, -0.2) is 65.5 Å². The number of nitro benzene ring substituents is 1. The molecule has 0 spiro atoms. The average molecular weight is 573 g/mol. The summed E-state index contributed by atoms with van der Waals surface area (Å²) in [5, 5.41) is 15.6. The van der Waals surface area contributed by atoms with Crippen LogP contribution in [0.25, 0.3) is 0 Å². The van der Waals surface area contributed by atoms with Gasteiger partial charge in [0.1, 0.15) is 5.75 Å². The van der Waals surface area contributed by atoms with Crippen molar-refractivity contribution in [3.05, 3.63) is 63.7 Å². The van der Waals surface area contributed by atoms with Crippen LogP contribution in [0, 0.1) is 10.1 Å². The molecule has 0 atom stereocenters. The molecule has 15 heteroatoms. The van der Waals surface area contributed by atoms with E-state index in [0.717, 1.165) is 38.1 Å². The van der Waals surface area contributed by atoms with E-state index < -0.39 is 22.4 Å². The molecule has 12 nitrogen and oxygen atoms in total. The van der Waals surface area contributed by atoms with Gasteiger partial charge in [0, 0.05) is 32.2 Å². The number of alkyl halides is 3. The number of piperidine rings is 1. The minimum absolute atomic E-state index is 0.205. The lowest BCUT2D eigenvalue weighted by atomic mass is 10.1. The Morgan fingerprint density at radius 2 is 1.61 bits per heavy atom. The zero-order chi connectivity index (χ0) is 28.8. The molecule has 0 saturated carbocycles. The van der Waals surface area contributed by atoms with Crippen molar-refractivity contribution < 1.29 is 27.6 Å². The maximum atomic E-state index is 13.0. The lowest BCUT2D eigenvalue weighted by Crippen LogP contribution is -2.38. The smallest absolute Gasteiger partial charge is 0.416 e. The SMILES string of the molecule is O=[N+]([O-])c1cc(C(F)(F)F)ccc1Oc1ccc(C=NNc2nc(N3CCCCC3)nc(N3CCOCC3)n2)cc1. The normalized spacial score (nSPS) is 16.2. The zero-order valence-electron chi connectivity index (χ0n) is 21.9. The number of nitrogens with one attached hydrogen (secondary N) is 1. The van der Waals surface area contributed by atoms with E-state index in [2.05, 4.69) is 25.4 Å². The lowest BCUT2D eigenvalue weighted by Gasteiger charge is -2.30. The molecule has 0 amide bonds. The molecule has 0 unspecified atom stereocenters. The van der Waals surface area contributed by atoms with Gasteiger partial charge in [0.25, 0.3) is 0 Å². The summed E-state index contributed by atoms with van der Waals surface area (Å²) in [6.07, 6.45) is 0.150. The first kappa shape index (κ1) is 28.0. The molecule has 3 heterocycles. The summed E-state index contributed by atoms with van der Waals surface area (Å²) in [5.74, 6) is 1.35. The number of anilines is 3. The molecule has 2 aliphatic rings. The van der Waals surface area contributed by atoms with Crippen molar-refractivity contribution in [2.45, 2.75) is 25.4 Å². The topological polar surface area (TPSA) is 131 Å². The van der Waals surface area contributed by atoms with Crippen LogP contribution in [-0.2, 0) is 10.9 Å². The molecule has 216 valence electrons. The van der Waals surface area contributed by atoms with Gasteiger partial charge < -0.3 is 19.3 Å². The van der Waals surface area contributed by atoms with E-state index in [0.29, 0.717) is 55.8 Å². The second-order valence-electron chi connectivity index (χ2n) is 9.38. The molecule has 2 aliphatic heterocycles. The summed E-state index contributed by atoms with van der Waals surface area (Å²) in [7, 11) is 0. The van der Waals surface area contributed by atoms with Crippen LogP contribution in [0.2, 0.25) is 0 Å². The first-order valence-electron chi connectivity index (χ1n) is 13.0. The van der Waals surface area contributed by atoms with Gasteiger partial charge in [-0.25, -0.2) is 5.43 Å². The van der Waals surface area contributed by atoms with Crippen LogP contribution in [0.5, 0.6) is 11.5 Å². The highest BCUT2D eigenvalue weighted by Gasteiger charge is 2.33. The fourth-order valence-electron chi connectivity index (χ4n) is 4.38. The molecule has 1 aromatic heterocycles. The van der Waals surface area contributed by atoms with Crippen LogP contribution in [0.1, 0.15) is 30.4 Å². The molecule has 5 rings (SSSR count). The average Bonchev–Trinajstić information content (AvgIpc) is 2.98. The van der Waals surface area contributed by atoms with E-state index in [-0.39, 0.29) is 11.5 Å². The first-order valence-corrected chi connectivity index (χ1v) is 13.0. The number of halogens is 3. The second kappa shape index (κ2) is 12.3. The number of morpholine rings is 1. The second-order valence-corrected chi connectivity index (χ2v) is 9.38. The van der Waals surface area contributed by atoms with Crippen LogP contribution in [0.3, 0.4) is 0 Å². The van der Waals surface area contributed by atoms with Crippen molar-refractivity contribution in [2.24, 2.45) is 5.10 Å². The summed E-state index contributed by atoms with van der Waals surface area (Å²) in [5.41, 5.74) is 1.61. The highest BCUT2D eigenvalue weighted by molar-refractivity contribution is 5.80. The van der Waals surface area contributed by atoms with Crippen molar-refractivity contribution in [3.8, 4) is 11.5 Å². The molecule has 0 bridgehead atoms. The number of aromatic nitrogens is 3. The third-order valence-corrected chi connectivity index (χ3v) is 6.51. The van der Waals surface area contributed by atoms with Crippen LogP contribution in [0.15, 0.2) is 47.6 Å². The molecule has 0 radical (unpaired) electrons. The Morgan fingerprint density at radius 3 is 2.24 bits per heavy atom. The van der Waals surface area contributed by atoms with E-state index in [9.17, 15) is 23.3 Å². The van der Waals surface area contributed by atoms with Gasteiger partial charge in [-0.15, -0.1) is 0 Å². The van der Waals surface area contributed by atoms with Crippen molar-refractivity contribution in [1.29, 1.82) is 0 Å². The fraction of sp³-hybridized carbons (Fsp3) is 0.385. The number of benzene rings is 2. The van der Waals surface area contributed by atoms with E-state index in [4.69, 9.17) is 14.5 Å². The minimum Gasteiger partial charge on any atom is -0.450 e. The predicted octanol–water partition coefficient (Wildman–Crippen LogP) is 4.86. The molecular formula is C26H27F3N8O4. The first-order chi connectivity index (χ1) is 19.8. The van der Waals surface area contributed by atoms with E-state index in [1.54, 1.807) is 12.1 Å². The van der Waals surface area contributed by atoms with Gasteiger partial charge in [-0.2, -0.15) is 33.2 Å². The molecule has 2 aromatic carbocycles. The number of hydrogen-bond donors (Lipinski definition) is 1. The minimum atomic E-state index is -4.71. The van der Waals surface area contributed by atoms with Gasteiger partial charge in [-0.05, 0) is 61.2 Å². The monoisotopic (exact) mass is 572 g/mol. The van der Waals surface area contributed by atoms with E-state index in [1.165, 1.54) is 24.8 Å². The maximum Gasteiger partial charge on any atom is 0.416 e. The Labute approximate surface area is 233 Å². The standard InChI is InChI=1S/C26H27F3N8O4/c27-26(28,29)19-6-9-22(21(16-19)37(38)39)41-20-7-4-18(5-8-20)17-30-34-23-31-24(35-10-2-1-3-11-35)33-25(32-23)36-12-14-40-15-13-36/h4-9,16-17H,1-3,10-15H2,(H,31,32,33,34). The number of nitro groups is 1. The van der Waals surface area contributed by atoms with Crippen LogP contribution >= 0.6 is 0 Å².